The fourth-order valence-electron chi connectivity index (χ4n) is 3.38. The van der Waals surface area contributed by atoms with Crippen LogP contribution in [0.5, 0.6) is 0 Å². The predicted octanol–water partition coefficient (Wildman–Crippen LogP) is 5.21. The monoisotopic (exact) mass is 418 g/mol. The summed E-state index contributed by atoms with van der Waals surface area (Å²) in [5.74, 6) is -0.622. The number of thiazole rings is 1. The number of amides is 1. The first-order chi connectivity index (χ1) is 14.6. The lowest BCUT2D eigenvalue weighted by molar-refractivity contribution is 0.0694. The molecule has 0 bridgehead atoms. The molecule has 0 radical (unpaired) electrons. The van der Waals surface area contributed by atoms with Gasteiger partial charge in [0.2, 0.25) is 0 Å². The highest BCUT2D eigenvalue weighted by Gasteiger charge is 2.21. The van der Waals surface area contributed by atoms with Crippen LogP contribution >= 0.6 is 11.3 Å². The van der Waals surface area contributed by atoms with Crippen molar-refractivity contribution in [2.24, 2.45) is 0 Å². The molecular formula is C24H22N2O3S. The van der Waals surface area contributed by atoms with Crippen molar-refractivity contribution in [1.82, 2.24) is 10.3 Å². The first-order valence-electron chi connectivity index (χ1n) is 9.93. The molecule has 3 aromatic rings. The van der Waals surface area contributed by atoms with Crippen LogP contribution in [0.25, 0.3) is 12.2 Å². The quantitative estimate of drug-likeness (QED) is 0.552. The van der Waals surface area contributed by atoms with Crippen LogP contribution in [0.2, 0.25) is 0 Å². The lowest BCUT2D eigenvalue weighted by Crippen LogP contribution is -2.24. The van der Waals surface area contributed by atoms with Crippen LogP contribution in [0.4, 0.5) is 0 Å². The zero-order valence-corrected chi connectivity index (χ0v) is 17.2. The third-order valence-electron chi connectivity index (χ3n) is 5.32. The summed E-state index contributed by atoms with van der Waals surface area (Å²) in [6.45, 7) is 0.157. The third-order valence-corrected chi connectivity index (χ3v) is 6.15. The van der Waals surface area contributed by atoms with E-state index in [2.05, 4.69) is 10.7 Å². The zero-order chi connectivity index (χ0) is 20.9. The number of benzene rings is 2. The van der Waals surface area contributed by atoms with E-state index in [9.17, 15) is 14.7 Å². The minimum atomic E-state index is -1.00. The number of nitrogens with zero attached hydrogens (tertiary/aromatic N) is 1. The predicted molar refractivity (Wildman–Crippen MR) is 119 cm³/mol. The van der Waals surface area contributed by atoms with Crippen LogP contribution in [0.1, 0.15) is 67.7 Å². The Kier molecular flexibility index (Phi) is 6.05. The first kappa shape index (κ1) is 20.0. The lowest BCUT2D eigenvalue weighted by atomic mass is 9.83. The molecule has 2 aromatic carbocycles. The molecule has 1 amide bonds. The summed E-state index contributed by atoms with van der Waals surface area (Å²) in [5.41, 5.74) is 3.40. The molecule has 30 heavy (non-hydrogen) atoms. The van der Waals surface area contributed by atoms with E-state index in [0.717, 1.165) is 10.6 Å². The summed E-state index contributed by atoms with van der Waals surface area (Å²) in [5, 5.41) is 15.2. The molecule has 0 saturated heterocycles. The van der Waals surface area contributed by atoms with Crippen molar-refractivity contribution in [1.29, 1.82) is 0 Å². The van der Waals surface area contributed by atoms with E-state index in [1.54, 1.807) is 35.6 Å². The Morgan fingerprint density at radius 1 is 1.13 bits per heavy atom. The van der Waals surface area contributed by atoms with E-state index in [0.29, 0.717) is 17.0 Å². The highest BCUT2D eigenvalue weighted by Crippen LogP contribution is 2.36. The van der Waals surface area contributed by atoms with Crippen LogP contribution in [0, 0.1) is 0 Å². The van der Waals surface area contributed by atoms with Gasteiger partial charge in [0, 0.05) is 23.4 Å². The number of carboxylic acid groups (broad SMARTS) is 1. The average Bonchev–Trinajstić information content (AvgIpc) is 3.17. The van der Waals surface area contributed by atoms with Crippen molar-refractivity contribution >= 4 is 35.4 Å². The standard InChI is InChI=1S/C24H22N2O3S/c27-23(25-14-19-6-1-2-10-20(19)24(28)29)18-9-3-5-16(13-18)11-12-22-26-21(15-30-22)17-7-4-8-17/h1-3,5-6,9-13,15,17H,4,7-8,14H2,(H,25,27)(H,28,29). The van der Waals surface area contributed by atoms with Gasteiger partial charge in [0.25, 0.3) is 5.91 Å². The molecule has 1 fully saturated rings. The summed E-state index contributed by atoms with van der Waals surface area (Å²) < 4.78 is 0. The number of aromatic carboxylic acids is 1. The van der Waals surface area contributed by atoms with Gasteiger partial charge in [-0.1, -0.05) is 42.8 Å². The van der Waals surface area contributed by atoms with E-state index in [4.69, 9.17) is 4.98 Å². The number of carboxylic acids is 1. The molecule has 152 valence electrons. The van der Waals surface area contributed by atoms with Crippen molar-refractivity contribution in [3.63, 3.8) is 0 Å². The largest absolute Gasteiger partial charge is 0.478 e. The number of carbonyl (C=O) groups is 2. The maximum atomic E-state index is 12.6. The summed E-state index contributed by atoms with van der Waals surface area (Å²) in [6, 6.07) is 14.0. The average molecular weight is 419 g/mol. The normalized spacial score (nSPS) is 13.9. The summed E-state index contributed by atoms with van der Waals surface area (Å²) in [7, 11) is 0. The fourth-order valence-corrected chi connectivity index (χ4v) is 4.17. The molecule has 1 aliphatic carbocycles. The molecule has 5 nitrogen and oxygen atoms in total. The van der Waals surface area contributed by atoms with Gasteiger partial charge in [0.1, 0.15) is 5.01 Å². The molecule has 2 N–H and O–H groups in total. The minimum Gasteiger partial charge on any atom is -0.478 e. The second-order valence-electron chi connectivity index (χ2n) is 7.34. The van der Waals surface area contributed by atoms with E-state index in [-0.39, 0.29) is 18.0 Å². The molecule has 6 heteroatoms. The Hall–Kier alpha value is -3.25. The number of rotatable bonds is 7. The highest BCUT2D eigenvalue weighted by molar-refractivity contribution is 7.10. The summed E-state index contributed by atoms with van der Waals surface area (Å²) in [4.78, 5) is 28.5. The van der Waals surface area contributed by atoms with Gasteiger partial charge in [-0.25, -0.2) is 9.78 Å². The first-order valence-corrected chi connectivity index (χ1v) is 10.8. The van der Waals surface area contributed by atoms with Crippen LogP contribution in [0.3, 0.4) is 0 Å². The molecular weight excluding hydrogens is 396 g/mol. The maximum Gasteiger partial charge on any atom is 0.336 e. The summed E-state index contributed by atoms with van der Waals surface area (Å²) in [6.07, 6.45) is 7.71. The van der Waals surface area contributed by atoms with Crippen LogP contribution in [0.15, 0.2) is 53.9 Å². The van der Waals surface area contributed by atoms with E-state index in [1.165, 1.54) is 31.0 Å². The van der Waals surface area contributed by atoms with Crippen molar-refractivity contribution < 1.29 is 14.7 Å². The van der Waals surface area contributed by atoms with Gasteiger partial charge in [-0.15, -0.1) is 11.3 Å². The number of hydrogen-bond acceptors (Lipinski definition) is 4. The smallest absolute Gasteiger partial charge is 0.336 e. The van der Waals surface area contributed by atoms with Gasteiger partial charge < -0.3 is 10.4 Å². The van der Waals surface area contributed by atoms with Gasteiger partial charge >= 0.3 is 5.97 Å². The molecule has 1 saturated carbocycles. The Bertz CT molecular complexity index is 1100. The topological polar surface area (TPSA) is 79.3 Å². The van der Waals surface area contributed by atoms with Crippen molar-refractivity contribution in [3.05, 3.63) is 86.9 Å². The lowest BCUT2D eigenvalue weighted by Gasteiger charge is -2.22. The number of aromatic nitrogens is 1. The molecule has 0 spiro atoms. The minimum absolute atomic E-state index is 0.157. The van der Waals surface area contributed by atoms with Crippen LogP contribution < -0.4 is 5.32 Å². The Labute approximate surface area is 179 Å². The van der Waals surface area contributed by atoms with Gasteiger partial charge in [0.15, 0.2) is 0 Å². The second-order valence-corrected chi connectivity index (χ2v) is 8.23. The van der Waals surface area contributed by atoms with Gasteiger partial charge in [-0.05, 0) is 48.2 Å². The molecule has 0 aliphatic heterocycles. The zero-order valence-electron chi connectivity index (χ0n) is 16.4. The van der Waals surface area contributed by atoms with Crippen molar-refractivity contribution in [3.8, 4) is 0 Å². The Morgan fingerprint density at radius 2 is 1.97 bits per heavy atom. The van der Waals surface area contributed by atoms with Crippen LogP contribution in [-0.2, 0) is 6.54 Å². The van der Waals surface area contributed by atoms with E-state index >= 15 is 0 Å². The molecule has 1 aromatic heterocycles. The molecule has 1 heterocycles. The molecule has 0 unspecified atom stereocenters. The van der Waals surface area contributed by atoms with Crippen molar-refractivity contribution in [2.75, 3.05) is 0 Å². The third kappa shape index (κ3) is 4.66. The van der Waals surface area contributed by atoms with Gasteiger partial charge in [-0.3, -0.25) is 4.79 Å². The summed E-state index contributed by atoms with van der Waals surface area (Å²) >= 11 is 1.64. The fraction of sp³-hybridized carbons (Fsp3) is 0.208. The second kappa shape index (κ2) is 9.05. The van der Waals surface area contributed by atoms with Gasteiger partial charge in [0.05, 0.1) is 11.3 Å². The van der Waals surface area contributed by atoms with Crippen LogP contribution in [-0.4, -0.2) is 22.0 Å². The maximum absolute atomic E-state index is 12.6. The molecule has 4 rings (SSSR count). The Balaban J connectivity index is 1.41. The van der Waals surface area contributed by atoms with Crippen molar-refractivity contribution in [2.45, 2.75) is 31.7 Å². The molecule has 1 aliphatic rings. The van der Waals surface area contributed by atoms with E-state index < -0.39 is 5.97 Å². The Morgan fingerprint density at radius 3 is 2.73 bits per heavy atom. The number of carbonyl (C=O) groups excluding carboxylic acids is 1. The SMILES string of the molecule is O=C(NCc1ccccc1C(=O)O)c1cccc(C=Cc2nc(C3CCC3)cs2)c1. The van der Waals surface area contributed by atoms with Gasteiger partial charge in [-0.2, -0.15) is 0 Å². The number of hydrogen-bond donors (Lipinski definition) is 2. The van der Waals surface area contributed by atoms with E-state index in [1.807, 2.05) is 30.4 Å². The highest BCUT2D eigenvalue weighted by atomic mass is 32.1. The molecule has 0 atom stereocenters. The number of nitrogens with one attached hydrogen (secondary N) is 1.